The van der Waals surface area contributed by atoms with Crippen LogP contribution in [0.3, 0.4) is 0 Å². The van der Waals surface area contributed by atoms with Gasteiger partial charge in [-0.05, 0) is 31.4 Å². The Morgan fingerprint density at radius 3 is 2.68 bits per heavy atom. The highest BCUT2D eigenvalue weighted by molar-refractivity contribution is 5.96. The molecule has 0 spiro atoms. The van der Waals surface area contributed by atoms with E-state index < -0.39 is 0 Å². The van der Waals surface area contributed by atoms with Crippen LogP contribution in [0.25, 0.3) is 0 Å². The van der Waals surface area contributed by atoms with E-state index in [0.29, 0.717) is 6.04 Å². The molecule has 0 saturated heterocycles. The third kappa shape index (κ3) is 2.39. The van der Waals surface area contributed by atoms with Gasteiger partial charge in [-0.1, -0.05) is 19.1 Å². The third-order valence-electron chi connectivity index (χ3n) is 3.81. The van der Waals surface area contributed by atoms with E-state index in [1.807, 2.05) is 11.0 Å². The van der Waals surface area contributed by atoms with Gasteiger partial charge in [0.25, 0.3) is 0 Å². The molecule has 0 unspecified atom stereocenters. The Labute approximate surface area is 114 Å². The van der Waals surface area contributed by atoms with Crippen LogP contribution in [0, 0.1) is 0 Å². The number of nitrogens with zero attached hydrogens (tertiary/aromatic N) is 2. The van der Waals surface area contributed by atoms with Crippen LogP contribution in [0.4, 0.5) is 16.2 Å². The Hall–Kier alpha value is -1.71. The maximum absolute atomic E-state index is 12.2. The Morgan fingerprint density at radius 1 is 1.26 bits per heavy atom. The fourth-order valence-electron chi connectivity index (χ4n) is 2.69. The lowest BCUT2D eigenvalue weighted by Crippen LogP contribution is -2.48. The van der Waals surface area contributed by atoms with Crippen LogP contribution in [0.15, 0.2) is 24.3 Å². The number of anilines is 2. The number of carbonyl (C=O) groups excluding carboxylic acids is 1. The number of fused-ring (bicyclic) bond motifs is 1. The summed E-state index contributed by atoms with van der Waals surface area (Å²) in [5.74, 6) is 0. The van der Waals surface area contributed by atoms with E-state index in [-0.39, 0.29) is 6.03 Å². The molecule has 4 heteroatoms. The van der Waals surface area contributed by atoms with Gasteiger partial charge in [0.1, 0.15) is 0 Å². The number of rotatable bonds is 3. The average molecular weight is 259 g/mol. The van der Waals surface area contributed by atoms with Crippen LogP contribution in [0.2, 0.25) is 0 Å². The van der Waals surface area contributed by atoms with E-state index in [1.165, 1.54) is 18.5 Å². The van der Waals surface area contributed by atoms with Gasteiger partial charge in [0.15, 0.2) is 0 Å². The molecule has 1 N–H and O–H groups in total. The second-order valence-corrected chi connectivity index (χ2v) is 5.30. The molecule has 1 saturated carbocycles. The van der Waals surface area contributed by atoms with Gasteiger partial charge < -0.3 is 10.2 Å². The molecule has 1 aromatic rings. The van der Waals surface area contributed by atoms with Crippen molar-refractivity contribution in [1.82, 2.24) is 5.32 Å². The van der Waals surface area contributed by atoms with E-state index in [9.17, 15) is 4.79 Å². The van der Waals surface area contributed by atoms with Crippen molar-refractivity contribution in [2.75, 3.05) is 29.4 Å². The molecule has 1 aliphatic heterocycles. The number of para-hydroxylation sites is 2. The lowest BCUT2D eigenvalue weighted by molar-refractivity contribution is 0.246. The Morgan fingerprint density at radius 2 is 2.00 bits per heavy atom. The Balaban J connectivity index is 1.83. The summed E-state index contributed by atoms with van der Waals surface area (Å²) < 4.78 is 0. The summed E-state index contributed by atoms with van der Waals surface area (Å²) in [6.45, 7) is 4.54. The zero-order chi connectivity index (χ0) is 13.2. The van der Waals surface area contributed by atoms with Crippen molar-refractivity contribution in [3.8, 4) is 0 Å². The number of hydrogen-bond donors (Lipinski definition) is 1. The molecular formula is C15H21N3O. The zero-order valence-electron chi connectivity index (χ0n) is 11.4. The molecule has 1 aromatic carbocycles. The second kappa shape index (κ2) is 5.11. The molecule has 4 nitrogen and oxygen atoms in total. The number of urea groups is 1. The minimum atomic E-state index is 0.0322. The molecule has 0 radical (unpaired) electrons. The molecule has 0 aromatic heterocycles. The quantitative estimate of drug-likeness (QED) is 0.905. The number of nitrogens with one attached hydrogen (secondary N) is 1. The van der Waals surface area contributed by atoms with Crippen LogP contribution < -0.4 is 15.1 Å². The van der Waals surface area contributed by atoms with Gasteiger partial charge in [-0.3, -0.25) is 4.90 Å². The SMILES string of the molecule is CCCNC(=O)N1CCN(C2CC2)c2ccccc21. The smallest absolute Gasteiger partial charge is 0.322 e. The molecule has 1 heterocycles. The van der Waals surface area contributed by atoms with E-state index in [2.05, 4.69) is 35.3 Å². The molecule has 2 amide bonds. The number of hydrogen-bond acceptors (Lipinski definition) is 2. The molecule has 1 aliphatic carbocycles. The summed E-state index contributed by atoms with van der Waals surface area (Å²) in [5.41, 5.74) is 2.26. The molecule has 19 heavy (non-hydrogen) atoms. The van der Waals surface area contributed by atoms with Crippen LogP contribution in [0.1, 0.15) is 26.2 Å². The molecule has 3 rings (SSSR count). The molecule has 0 atom stereocenters. The average Bonchev–Trinajstić information content (AvgIpc) is 3.28. The van der Waals surface area contributed by atoms with Crippen LogP contribution in [-0.4, -0.2) is 31.7 Å². The van der Waals surface area contributed by atoms with Crippen molar-refractivity contribution >= 4 is 17.4 Å². The second-order valence-electron chi connectivity index (χ2n) is 5.30. The van der Waals surface area contributed by atoms with E-state index >= 15 is 0 Å². The lowest BCUT2D eigenvalue weighted by atomic mass is 10.1. The van der Waals surface area contributed by atoms with Crippen LogP contribution in [-0.2, 0) is 0 Å². The summed E-state index contributed by atoms with van der Waals surface area (Å²) in [6.07, 6.45) is 3.54. The lowest BCUT2D eigenvalue weighted by Gasteiger charge is -2.37. The molecule has 0 bridgehead atoms. The standard InChI is InChI=1S/C15H21N3O/c1-2-9-16-15(19)18-11-10-17(12-7-8-12)13-5-3-4-6-14(13)18/h3-6,12H,2,7-11H2,1H3,(H,16,19). The van der Waals surface area contributed by atoms with Gasteiger partial charge in [-0.2, -0.15) is 0 Å². The first-order valence-electron chi connectivity index (χ1n) is 7.22. The maximum Gasteiger partial charge on any atom is 0.322 e. The fraction of sp³-hybridized carbons (Fsp3) is 0.533. The van der Waals surface area contributed by atoms with E-state index in [4.69, 9.17) is 0 Å². The van der Waals surface area contributed by atoms with Gasteiger partial charge in [0.2, 0.25) is 0 Å². The normalized spacial score (nSPS) is 18.2. The van der Waals surface area contributed by atoms with Crippen molar-refractivity contribution in [1.29, 1.82) is 0 Å². The topological polar surface area (TPSA) is 35.6 Å². The van der Waals surface area contributed by atoms with Gasteiger partial charge in [-0.15, -0.1) is 0 Å². The van der Waals surface area contributed by atoms with Crippen molar-refractivity contribution in [2.45, 2.75) is 32.2 Å². The number of benzene rings is 1. The third-order valence-corrected chi connectivity index (χ3v) is 3.81. The summed E-state index contributed by atoms with van der Waals surface area (Å²) in [4.78, 5) is 16.5. The first-order valence-corrected chi connectivity index (χ1v) is 7.22. The first kappa shape index (κ1) is 12.3. The summed E-state index contributed by atoms with van der Waals surface area (Å²) >= 11 is 0. The van der Waals surface area contributed by atoms with Gasteiger partial charge in [0, 0.05) is 25.7 Å². The highest BCUT2D eigenvalue weighted by Gasteiger charge is 2.35. The number of amides is 2. The van der Waals surface area contributed by atoms with E-state index in [1.54, 1.807) is 0 Å². The van der Waals surface area contributed by atoms with Crippen molar-refractivity contribution in [2.24, 2.45) is 0 Å². The first-order chi connectivity index (χ1) is 9.31. The molecular weight excluding hydrogens is 238 g/mol. The van der Waals surface area contributed by atoms with Crippen LogP contribution in [0.5, 0.6) is 0 Å². The van der Waals surface area contributed by atoms with Gasteiger partial charge in [-0.25, -0.2) is 4.79 Å². The maximum atomic E-state index is 12.2. The van der Waals surface area contributed by atoms with Gasteiger partial charge >= 0.3 is 6.03 Å². The highest BCUT2D eigenvalue weighted by atomic mass is 16.2. The summed E-state index contributed by atoms with van der Waals surface area (Å²) in [5, 5.41) is 2.97. The summed E-state index contributed by atoms with van der Waals surface area (Å²) in [7, 11) is 0. The number of carbonyl (C=O) groups is 1. The molecule has 1 fully saturated rings. The zero-order valence-corrected chi connectivity index (χ0v) is 11.4. The minimum absolute atomic E-state index is 0.0322. The van der Waals surface area contributed by atoms with Gasteiger partial charge in [0.05, 0.1) is 11.4 Å². The predicted molar refractivity (Wildman–Crippen MR) is 77.8 cm³/mol. The largest absolute Gasteiger partial charge is 0.365 e. The fourth-order valence-corrected chi connectivity index (χ4v) is 2.69. The molecule has 102 valence electrons. The monoisotopic (exact) mass is 259 g/mol. The van der Waals surface area contributed by atoms with Crippen molar-refractivity contribution < 1.29 is 4.79 Å². The highest BCUT2D eigenvalue weighted by Crippen LogP contribution is 2.39. The Bertz CT molecular complexity index is 470. The van der Waals surface area contributed by atoms with Crippen molar-refractivity contribution in [3.63, 3.8) is 0 Å². The predicted octanol–water partition coefficient (Wildman–Crippen LogP) is 2.60. The van der Waals surface area contributed by atoms with Crippen molar-refractivity contribution in [3.05, 3.63) is 24.3 Å². The Kier molecular flexibility index (Phi) is 3.32. The van der Waals surface area contributed by atoms with Crippen LogP contribution >= 0.6 is 0 Å². The van der Waals surface area contributed by atoms with E-state index in [0.717, 1.165) is 31.7 Å². The summed E-state index contributed by atoms with van der Waals surface area (Å²) in [6, 6.07) is 8.98. The molecule has 2 aliphatic rings. The minimum Gasteiger partial charge on any atom is -0.365 e.